The van der Waals surface area contributed by atoms with Crippen LogP contribution in [0.5, 0.6) is 5.75 Å². The standard InChI is InChI=1S/C16H21NOS/c1-4-17-16(15-9-10-19-12(15)3)13-7-6-8-14(11-13)18-5-2/h6-11,16-17H,4-5H2,1-3H3. The molecule has 1 atom stereocenters. The molecule has 0 spiro atoms. The predicted octanol–water partition coefficient (Wildman–Crippen LogP) is 4.15. The van der Waals surface area contributed by atoms with Gasteiger partial charge in [-0.3, -0.25) is 0 Å². The lowest BCUT2D eigenvalue weighted by Gasteiger charge is -2.19. The molecule has 0 aliphatic rings. The van der Waals surface area contributed by atoms with Crippen molar-refractivity contribution in [3.63, 3.8) is 0 Å². The van der Waals surface area contributed by atoms with E-state index in [1.807, 2.05) is 13.0 Å². The van der Waals surface area contributed by atoms with Crippen molar-refractivity contribution < 1.29 is 4.74 Å². The Morgan fingerprint density at radius 1 is 1.26 bits per heavy atom. The lowest BCUT2D eigenvalue weighted by Crippen LogP contribution is -2.22. The van der Waals surface area contributed by atoms with Gasteiger partial charge in [-0.2, -0.15) is 0 Å². The van der Waals surface area contributed by atoms with Crippen molar-refractivity contribution in [1.82, 2.24) is 5.32 Å². The maximum absolute atomic E-state index is 5.60. The van der Waals surface area contributed by atoms with Crippen molar-refractivity contribution in [3.05, 3.63) is 51.7 Å². The molecule has 1 N–H and O–H groups in total. The average Bonchev–Trinajstić information content (AvgIpc) is 2.83. The SMILES string of the molecule is CCNC(c1cccc(OCC)c1)c1ccsc1C. The van der Waals surface area contributed by atoms with Crippen molar-refractivity contribution >= 4 is 11.3 Å². The van der Waals surface area contributed by atoms with E-state index in [9.17, 15) is 0 Å². The van der Waals surface area contributed by atoms with Crippen LogP contribution in [-0.4, -0.2) is 13.2 Å². The Morgan fingerprint density at radius 2 is 2.11 bits per heavy atom. The molecule has 0 fully saturated rings. The minimum atomic E-state index is 0.247. The first-order valence-electron chi connectivity index (χ1n) is 6.76. The fraction of sp³-hybridized carbons (Fsp3) is 0.375. The number of ether oxygens (including phenoxy) is 1. The molecule has 0 amide bonds. The molecule has 0 saturated heterocycles. The maximum Gasteiger partial charge on any atom is 0.119 e. The fourth-order valence-corrected chi connectivity index (χ4v) is 3.00. The molecular weight excluding hydrogens is 254 g/mol. The lowest BCUT2D eigenvalue weighted by molar-refractivity contribution is 0.339. The van der Waals surface area contributed by atoms with Crippen molar-refractivity contribution in [3.8, 4) is 5.75 Å². The van der Waals surface area contributed by atoms with Gasteiger partial charge in [0.2, 0.25) is 0 Å². The van der Waals surface area contributed by atoms with Crippen LogP contribution in [0.2, 0.25) is 0 Å². The first-order chi connectivity index (χ1) is 9.26. The molecular formula is C16H21NOS. The molecule has 0 aliphatic carbocycles. The molecule has 2 aromatic rings. The molecule has 3 heteroatoms. The van der Waals surface area contributed by atoms with Gasteiger partial charge in [0.15, 0.2) is 0 Å². The Morgan fingerprint density at radius 3 is 2.74 bits per heavy atom. The third-order valence-corrected chi connectivity index (χ3v) is 3.98. The molecule has 2 rings (SSSR count). The van der Waals surface area contributed by atoms with Crippen molar-refractivity contribution in [1.29, 1.82) is 0 Å². The monoisotopic (exact) mass is 275 g/mol. The van der Waals surface area contributed by atoms with E-state index in [0.717, 1.165) is 12.3 Å². The second-order valence-corrected chi connectivity index (χ2v) is 5.55. The van der Waals surface area contributed by atoms with Crippen LogP contribution in [0.4, 0.5) is 0 Å². The minimum absolute atomic E-state index is 0.247. The minimum Gasteiger partial charge on any atom is -0.494 e. The van der Waals surface area contributed by atoms with Crippen LogP contribution in [-0.2, 0) is 0 Å². The Balaban J connectivity index is 2.33. The summed E-state index contributed by atoms with van der Waals surface area (Å²) in [5.74, 6) is 0.941. The van der Waals surface area contributed by atoms with E-state index >= 15 is 0 Å². The zero-order chi connectivity index (χ0) is 13.7. The number of thiophene rings is 1. The Hall–Kier alpha value is -1.32. The number of hydrogen-bond donors (Lipinski definition) is 1. The van der Waals surface area contributed by atoms with Gasteiger partial charge in [-0.25, -0.2) is 0 Å². The van der Waals surface area contributed by atoms with Crippen LogP contribution >= 0.6 is 11.3 Å². The predicted molar refractivity (Wildman–Crippen MR) is 82.2 cm³/mol. The largest absolute Gasteiger partial charge is 0.494 e. The summed E-state index contributed by atoms with van der Waals surface area (Å²) < 4.78 is 5.60. The van der Waals surface area contributed by atoms with E-state index in [1.165, 1.54) is 16.0 Å². The summed E-state index contributed by atoms with van der Waals surface area (Å²) in [7, 11) is 0. The molecule has 1 unspecified atom stereocenters. The Bertz CT molecular complexity index is 521. The summed E-state index contributed by atoms with van der Waals surface area (Å²) in [4.78, 5) is 1.37. The molecule has 0 bridgehead atoms. The van der Waals surface area contributed by atoms with Crippen LogP contribution in [0.15, 0.2) is 35.7 Å². The molecule has 1 aromatic heterocycles. The summed E-state index contributed by atoms with van der Waals surface area (Å²) >= 11 is 1.80. The first kappa shape index (κ1) is 14.1. The van der Waals surface area contributed by atoms with E-state index < -0.39 is 0 Å². The Kier molecular flexibility index (Phi) is 5.00. The number of nitrogens with one attached hydrogen (secondary N) is 1. The molecule has 2 nitrogen and oxygen atoms in total. The first-order valence-corrected chi connectivity index (χ1v) is 7.64. The van der Waals surface area contributed by atoms with Gasteiger partial charge in [0.1, 0.15) is 5.75 Å². The summed E-state index contributed by atoms with van der Waals surface area (Å²) in [6.07, 6.45) is 0. The molecule has 0 saturated carbocycles. The van der Waals surface area contributed by atoms with Gasteiger partial charge in [-0.15, -0.1) is 11.3 Å². The van der Waals surface area contributed by atoms with Gasteiger partial charge in [-0.05, 0) is 55.1 Å². The highest BCUT2D eigenvalue weighted by atomic mass is 32.1. The van der Waals surface area contributed by atoms with Gasteiger partial charge >= 0.3 is 0 Å². The molecule has 102 valence electrons. The summed E-state index contributed by atoms with van der Waals surface area (Å²) in [6, 6.07) is 10.8. The van der Waals surface area contributed by atoms with E-state index in [1.54, 1.807) is 11.3 Å². The second-order valence-electron chi connectivity index (χ2n) is 4.43. The van der Waals surface area contributed by atoms with Crippen molar-refractivity contribution in [2.24, 2.45) is 0 Å². The maximum atomic E-state index is 5.60. The highest BCUT2D eigenvalue weighted by molar-refractivity contribution is 7.10. The molecule has 0 radical (unpaired) electrons. The number of rotatable bonds is 6. The topological polar surface area (TPSA) is 21.3 Å². The van der Waals surface area contributed by atoms with Gasteiger partial charge in [-0.1, -0.05) is 19.1 Å². The van der Waals surface area contributed by atoms with Crippen molar-refractivity contribution in [2.45, 2.75) is 26.8 Å². The third-order valence-electron chi connectivity index (χ3n) is 3.12. The van der Waals surface area contributed by atoms with Crippen LogP contribution in [0.1, 0.15) is 35.9 Å². The molecule has 0 aliphatic heterocycles. The van der Waals surface area contributed by atoms with E-state index in [0.29, 0.717) is 6.61 Å². The number of aryl methyl sites for hydroxylation is 1. The summed E-state index contributed by atoms with van der Waals surface area (Å²) in [5, 5.41) is 5.72. The number of benzene rings is 1. The van der Waals surface area contributed by atoms with Crippen LogP contribution in [0.3, 0.4) is 0 Å². The van der Waals surface area contributed by atoms with E-state index in [4.69, 9.17) is 4.74 Å². The quantitative estimate of drug-likeness (QED) is 0.855. The van der Waals surface area contributed by atoms with Crippen LogP contribution in [0.25, 0.3) is 0 Å². The highest BCUT2D eigenvalue weighted by Gasteiger charge is 2.16. The average molecular weight is 275 g/mol. The molecule has 19 heavy (non-hydrogen) atoms. The summed E-state index contributed by atoms with van der Waals surface area (Å²) in [5.41, 5.74) is 2.62. The van der Waals surface area contributed by atoms with Gasteiger partial charge < -0.3 is 10.1 Å². The fourth-order valence-electron chi connectivity index (χ4n) is 2.26. The van der Waals surface area contributed by atoms with Gasteiger partial charge in [0, 0.05) is 4.88 Å². The normalized spacial score (nSPS) is 12.4. The number of hydrogen-bond acceptors (Lipinski definition) is 3. The van der Waals surface area contributed by atoms with E-state index in [-0.39, 0.29) is 6.04 Å². The van der Waals surface area contributed by atoms with E-state index in [2.05, 4.69) is 48.8 Å². The highest BCUT2D eigenvalue weighted by Crippen LogP contribution is 2.29. The van der Waals surface area contributed by atoms with Crippen LogP contribution < -0.4 is 10.1 Å². The molecule has 1 aromatic carbocycles. The van der Waals surface area contributed by atoms with Gasteiger partial charge in [0.05, 0.1) is 12.6 Å². The zero-order valence-electron chi connectivity index (χ0n) is 11.8. The van der Waals surface area contributed by atoms with Crippen LogP contribution in [0, 0.1) is 6.92 Å². The molecule has 1 heterocycles. The third kappa shape index (κ3) is 3.37. The summed E-state index contributed by atoms with van der Waals surface area (Å²) in [6.45, 7) is 7.97. The second kappa shape index (κ2) is 6.73. The smallest absolute Gasteiger partial charge is 0.119 e. The van der Waals surface area contributed by atoms with Crippen molar-refractivity contribution in [2.75, 3.05) is 13.2 Å². The Labute approximate surface area is 119 Å². The zero-order valence-corrected chi connectivity index (χ0v) is 12.6. The van der Waals surface area contributed by atoms with Gasteiger partial charge in [0.25, 0.3) is 0 Å². The lowest BCUT2D eigenvalue weighted by atomic mass is 9.99.